The Balaban J connectivity index is 0.00000141. The number of anilines is 1. The number of hydrogen-bond acceptors (Lipinski definition) is 8. The lowest BCUT2D eigenvalue weighted by Gasteiger charge is -2.44. The number of nitrogens with two attached hydrogens (primary N) is 2. The second-order valence-corrected chi connectivity index (χ2v) is 7.79. The summed E-state index contributed by atoms with van der Waals surface area (Å²) in [4.78, 5) is 21.7. The van der Waals surface area contributed by atoms with Crippen LogP contribution in [0.5, 0.6) is 5.75 Å². The van der Waals surface area contributed by atoms with Gasteiger partial charge in [0.05, 0.1) is 18.1 Å². The fraction of sp³-hybridized carbons (Fsp3) is 0.435. The summed E-state index contributed by atoms with van der Waals surface area (Å²) in [5.74, 6) is 6.34. The number of hydrogen-bond donors (Lipinski definition) is 3. The van der Waals surface area contributed by atoms with Crippen molar-refractivity contribution in [3.63, 3.8) is 0 Å². The molecule has 0 atom stereocenters. The van der Waals surface area contributed by atoms with Crippen LogP contribution in [0.25, 0.3) is 5.70 Å². The molecule has 1 aromatic heterocycles. The summed E-state index contributed by atoms with van der Waals surface area (Å²) in [5, 5.41) is 9.75. The lowest BCUT2D eigenvalue weighted by atomic mass is 9.83. The Morgan fingerprint density at radius 1 is 1.22 bits per heavy atom. The number of ether oxygens (including phenoxy) is 1. The third-order valence-electron chi connectivity index (χ3n) is 5.70. The highest BCUT2D eigenvalue weighted by atomic mass is 16.5. The Morgan fingerprint density at radius 3 is 2.59 bits per heavy atom. The van der Waals surface area contributed by atoms with Crippen molar-refractivity contribution < 1.29 is 14.6 Å². The Hall–Kier alpha value is -3.33. The van der Waals surface area contributed by atoms with Gasteiger partial charge < -0.3 is 25.5 Å². The van der Waals surface area contributed by atoms with Gasteiger partial charge in [0.25, 0.3) is 0 Å². The van der Waals surface area contributed by atoms with Gasteiger partial charge in [-0.25, -0.2) is 15.8 Å². The molecule has 2 aliphatic heterocycles. The number of aliphatic carboxylic acids is 1. The number of piperidine rings is 1. The lowest BCUT2D eigenvalue weighted by Crippen LogP contribution is -2.50. The molecule has 3 heterocycles. The molecular weight excluding hydrogens is 408 g/mol. The fourth-order valence-electron chi connectivity index (χ4n) is 4.03. The summed E-state index contributed by atoms with van der Waals surface area (Å²) in [5.41, 5.74) is 7.84. The van der Waals surface area contributed by atoms with Gasteiger partial charge in [0.2, 0.25) is 0 Å². The normalized spacial score (nSPS) is 17.0. The van der Waals surface area contributed by atoms with Crippen molar-refractivity contribution in [1.82, 2.24) is 15.0 Å². The number of fused-ring (bicyclic) bond motifs is 1. The largest absolute Gasteiger partial charge is 0.487 e. The van der Waals surface area contributed by atoms with Crippen molar-refractivity contribution in [2.75, 3.05) is 24.5 Å². The van der Waals surface area contributed by atoms with Crippen molar-refractivity contribution in [3.8, 4) is 5.75 Å². The minimum absolute atomic E-state index is 0.0971. The van der Waals surface area contributed by atoms with E-state index in [0.29, 0.717) is 5.69 Å². The lowest BCUT2D eigenvalue weighted by molar-refractivity contribution is -0.137. The Labute approximate surface area is 188 Å². The second-order valence-electron chi connectivity index (χ2n) is 7.79. The third-order valence-corrected chi connectivity index (χ3v) is 5.70. The molecule has 5 N–H and O–H groups in total. The van der Waals surface area contributed by atoms with Crippen LogP contribution in [0.4, 0.5) is 5.82 Å². The van der Waals surface area contributed by atoms with Crippen molar-refractivity contribution in [1.29, 1.82) is 0 Å². The van der Waals surface area contributed by atoms with Crippen LogP contribution in [0.2, 0.25) is 0 Å². The summed E-state index contributed by atoms with van der Waals surface area (Å²) in [6.07, 6.45) is 8.55. The molecule has 9 heteroatoms. The van der Waals surface area contributed by atoms with Crippen molar-refractivity contribution in [3.05, 3.63) is 54.1 Å². The molecule has 172 valence electrons. The second kappa shape index (κ2) is 10.3. The summed E-state index contributed by atoms with van der Waals surface area (Å²) in [7, 11) is 0. The van der Waals surface area contributed by atoms with E-state index in [1.54, 1.807) is 12.4 Å². The molecule has 0 saturated carbocycles. The van der Waals surface area contributed by atoms with Gasteiger partial charge in [0.1, 0.15) is 29.4 Å². The van der Waals surface area contributed by atoms with Gasteiger partial charge in [0, 0.05) is 32.1 Å². The van der Waals surface area contributed by atoms with E-state index >= 15 is 0 Å². The number of rotatable bonds is 5. The van der Waals surface area contributed by atoms with E-state index < -0.39 is 5.97 Å². The average molecular weight is 441 g/mol. The number of aryl methyl sites for hydroxylation is 1. The Kier molecular flexibility index (Phi) is 7.53. The number of nitrogens with zero attached hydrogens (tertiary/aromatic N) is 4. The fourth-order valence-corrected chi connectivity index (χ4v) is 4.03. The summed E-state index contributed by atoms with van der Waals surface area (Å²) in [6.45, 7) is 5.34. The topological polar surface area (TPSA) is 131 Å². The highest BCUT2D eigenvalue weighted by Crippen LogP contribution is 2.39. The van der Waals surface area contributed by atoms with Crippen LogP contribution in [-0.4, -0.2) is 51.3 Å². The predicted octanol–water partition coefficient (Wildman–Crippen LogP) is 2.38. The van der Waals surface area contributed by atoms with E-state index in [1.807, 2.05) is 19.9 Å². The zero-order chi connectivity index (χ0) is 23.1. The molecule has 9 nitrogen and oxygen atoms in total. The number of benzene rings is 1. The maximum atomic E-state index is 10.7. The predicted molar refractivity (Wildman–Crippen MR) is 124 cm³/mol. The van der Waals surface area contributed by atoms with E-state index in [0.717, 1.165) is 55.3 Å². The van der Waals surface area contributed by atoms with Crippen LogP contribution in [0, 0.1) is 0 Å². The number of carbonyl (C=O) groups is 1. The highest BCUT2D eigenvalue weighted by Gasteiger charge is 2.39. The van der Waals surface area contributed by atoms with Gasteiger partial charge in [-0.3, -0.25) is 4.79 Å². The Bertz CT molecular complexity index is 939. The maximum absolute atomic E-state index is 10.7. The number of carboxylic acid groups (broad SMARTS) is 1. The molecule has 1 spiro atoms. The molecule has 32 heavy (non-hydrogen) atoms. The summed E-state index contributed by atoms with van der Waals surface area (Å²) >= 11 is 0. The maximum Gasteiger partial charge on any atom is 0.324 e. The minimum atomic E-state index is -1.05. The van der Waals surface area contributed by atoms with E-state index in [1.165, 1.54) is 11.8 Å². The first-order chi connectivity index (χ1) is 15.4. The summed E-state index contributed by atoms with van der Waals surface area (Å²) < 4.78 is 6.41. The molecule has 0 aliphatic carbocycles. The standard InChI is InChI=1S/C21H26N6O3.C2H6/c22-16(13-27(23)14-20(28)29)17-11-25-19(12-24-17)26-9-7-21(8-10-26)6-5-15-3-1-2-4-18(15)30-21;1-2/h1-4,11-13H,5-10,14,22-23H2,(H,28,29);1-2H3/b16-13-;. The Morgan fingerprint density at radius 2 is 1.94 bits per heavy atom. The molecule has 2 aromatic rings. The van der Waals surface area contributed by atoms with Crippen LogP contribution in [0.15, 0.2) is 42.9 Å². The zero-order valence-electron chi connectivity index (χ0n) is 18.7. The number of aromatic nitrogens is 2. The molecule has 0 radical (unpaired) electrons. The first kappa shape index (κ1) is 23.3. The smallest absolute Gasteiger partial charge is 0.324 e. The van der Waals surface area contributed by atoms with Crippen molar-refractivity contribution >= 4 is 17.5 Å². The van der Waals surface area contributed by atoms with Gasteiger partial charge in [-0.1, -0.05) is 32.0 Å². The van der Waals surface area contributed by atoms with Crippen LogP contribution in [-0.2, 0) is 11.2 Å². The van der Waals surface area contributed by atoms with E-state index in [9.17, 15) is 4.79 Å². The quantitative estimate of drug-likeness (QED) is 0.474. The minimum Gasteiger partial charge on any atom is -0.487 e. The SMILES string of the molecule is CC.N/C(=C\N(N)CC(=O)O)c1cnc(N2CCC3(CCc4ccccc4O3)CC2)cn1. The van der Waals surface area contributed by atoms with Crippen molar-refractivity contribution in [2.45, 2.75) is 45.1 Å². The van der Waals surface area contributed by atoms with Crippen LogP contribution in [0.1, 0.15) is 44.4 Å². The first-order valence-corrected chi connectivity index (χ1v) is 11.0. The number of hydrazine groups is 1. The van der Waals surface area contributed by atoms with E-state index in [-0.39, 0.29) is 17.8 Å². The molecule has 0 bridgehead atoms. The van der Waals surface area contributed by atoms with Gasteiger partial charge >= 0.3 is 5.97 Å². The van der Waals surface area contributed by atoms with Gasteiger partial charge in [-0.2, -0.15) is 0 Å². The van der Waals surface area contributed by atoms with Gasteiger partial charge in [0.15, 0.2) is 0 Å². The first-order valence-electron chi connectivity index (χ1n) is 11.0. The zero-order valence-corrected chi connectivity index (χ0v) is 18.7. The molecule has 1 aromatic carbocycles. The molecule has 4 rings (SSSR count). The molecule has 0 amide bonds. The highest BCUT2D eigenvalue weighted by molar-refractivity contribution is 5.69. The van der Waals surface area contributed by atoms with Crippen molar-refractivity contribution in [2.24, 2.45) is 11.6 Å². The third kappa shape index (κ3) is 5.47. The van der Waals surface area contributed by atoms with Crippen LogP contribution >= 0.6 is 0 Å². The molecule has 1 saturated heterocycles. The van der Waals surface area contributed by atoms with Gasteiger partial charge in [-0.05, 0) is 24.5 Å². The summed E-state index contributed by atoms with van der Waals surface area (Å²) in [6, 6.07) is 8.28. The molecule has 0 unspecified atom stereocenters. The van der Waals surface area contributed by atoms with Gasteiger partial charge in [-0.15, -0.1) is 0 Å². The number of para-hydroxylation sites is 1. The molecular formula is C23H32N6O3. The van der Waals surface area contributed by atoms with E-state index in [2.05, 4.69) is 33.1 Å². The molecule has 1 fully saturated rings. The number of carboxylic acids is 1. The monoisotopic (exact) mass is 440 g/mol. The average Bonchev–Trinajstić information content (AvgIpc) is 2.80. The molecule has 2 aliphatic rings. The van der Waals surface area contributed by atoms with Crippen LogP contribution in [0.3, 0.4) is 0 Å². The van der Waals surface area contributed by atoms with Crippen LogP contribution < -0.4 is 21.2 Å². The van der Waals surface area contributed by atoms with E-state index in [4.69, 9.17) is 21.4 Å².